The largest absolute Gasteiger partial charge is 0.311 e. The number of amidine groups is 1. The second-order valence-corrected chi connectivity index (χ2v) is 9.72. The molecule has 0 atom stereocenters. The number of sulfonamides is 1. The fourth-order valence-electron chi connectivity index (χ4n) is 2.98. The van der Waals surface area contributed by atoms with Gasteiger partial charge in [0.2, 0.25) is 10.0 Å². The van der Waals surface area contributed by atoms with Gasteiger partial charge >= 0.3 is 0 Å². The third-order valence-electron chi connectivity index (χ3n) is 4.36. The molecule has 0 spiro atoms. The molecule has 1 fully saturated rings. The predicted molar refractivity (Wildman–Crippen MR) is 115 cm³/mol. The van der Waals surface area contributed by atoms with Crippen LogP contribution < -0.4 is 15.4 Å². The van der Waals surface area contributed by atoms with Crippen molar-refractivity contribution in [2.75, 3.05) is 11.9 Å². The summed E-state index contributed by atoms with van der Waals surface area (Å²) < 4.78 is 23.5. The van der Waals surface area contributed by atoms with E-state index >= 15 is 0 Å². The Bertz CT molecular complexity index is 1240. The number of nitrogens with zero attached hydrogens (tertiary/aromatic N) is 2. The number of thioether (sulfide) groups is 1. The van der Waals surface area contributed by atoms with Gasteiger partial charge in [0.1, 0.15) is 0 Å². The van der Waals surface area contributed by atoms with E-state index in [1.54, 1.807) is 13.1 Å². The van der Waals surface area contributed by atoms with Gasteiger partial charge in [0.15, 0.2) is 5.17 Å². The maximum atomic E-state index is 12.8. The first-order valence-corrected chi connectivity index (χ1v) is 11.3. The number of rotatable bonds is 2. The highest BCUT2D eigenvalue weighted by atomic mass is 79.9. The van der Waals surface area contributed by atoms with Gasteiger partial charge in [-0.2, -0.15) is 0 Å². The summed E-state index contributed by atoms with van der Waals surface area (Å²) in [6, 6.07) is 11.1. The minimum atomic E-state index is -3.80. The summed E-state index contributed by atoms with van der Waals surface area (Å²) in [5.41, 5.74) is 2.15. The molecule has 0 unspecified atom stereocenters. The van der Waals surface area contributed by atoms with Gasteiger partial charge < -0.3 is 10.2 Å². The van der Waals surface area contributed by atoms with Crippen molar-refractivity contribution < 1.29 is 18.0 Å². The van der Waals surface area contributed by atoms with Gasteiger partial charge in [0.05, 0.1) is 26.7 Å². The summed E-state index contributed by atoms with van der Waals surface area (Å²) in [4.78, 5) is 31.3. The molecule has 29 heavy (non-hydrogen) atoms. The minimum Gasteiger partial charge on any atom is -0.311 e. The number of hydrogen-bond donors (Lipinski definition) is 2. The van der Waals surface area contributed by atoms with Gasteiger partial charge in [0, 0.05) is 17.1 Å². The Morgan fingerprint density at radius 2 is 1.83 bits per heavy atom. The first kappa shape index (κ1) is 19.8. The summed E-state index contributed by atoms with van der Waals surface area (Å²) in [6.45, 7) is 0. The molecule has 11 heteroatoms. The van der Waals surface area contributed by atoms with Crippen molar-refractivity contribution in [3.63, 3.8) is 0 Å². The number of amides is 2. The molecule has 2 aromatic rings. The highest BCUT2D eigenvalue weighted by molar-refractivity contribution is 9.10. The highest BCUT2D eigenvalue weighted by Crippen LogP contribution is 2.43. The van der Waals surface area contributed by atoms with E-state index in [0.29, 0.717) is 22.0 Å². The number of primary sulfonamides is 1. The van der Waals surface area contributed by atoms with E-state index in [1.807, 2.05) is 12.1 Å². The zero-order chi connectivity index (χ0) is 20.9. The number of nitrogens with two attached hydrogens (primary N) is 1. The van der Waals surface area contributed by atoms with E-state index in [9.17, 15) is 18.0 Å². The average Bonchev–Trinajstić information content (AvgIpc) is 3.11. The molecule has 8 nitrogen and oxygen atoms in total. The van der Waals surface area contributed by atoms with Crippen molar-refractivity contribution in [1.29, 1.82) is 0 Å². The van der Waals surface area contributed by atoms with Crippen LogP contribution in [0.5, 0.6) is 0 Å². The molecular formula is C18H13BrN4O4S2. The smallest absolute Gasteiger partial charge is 0.264 e. The lowest BCUT2D eigenvalue weighted by Crippen LogP contribution is -2.23. The number of nitrogens with one attached hydrogen (secondary N) is 1. The fourth-order valence-corrected chi connectivity index (χ4v) is 4.79. The van der Waals surface area contributed by atoms with Crippen LogP contribution in [0.3, 0.4) is 0 Å². The van der Waals surface area contributed by atoms with Crippen LogP contribution in [-0.2, 0) is 19.6 Å². The van der Waals surface area contributed by atoms with Gasteiger partial charge in [-0.15, -0.1) is 0 Å². The number of carbonyl (C=O) groups excluding carboxylic acids is 2. The summed E-state index contributed by atoms with van der Waals surface area (Å²) in [7, 11) is -2.14. The number of carbonyl (C=O) groups is 2. The van der Waals surface area contributed by atoms with Gasteiger partial charge in [-0.1, -0.05) is 15.9 Å². The number of likely N-dealkylation sites (N-methyl/N-ethyl adjacent to an activating group) is 1. The standard InChI is InChI=1S/C18H13BrN4O4S2/c1-23-13-7-2-9(19)8-12(13)14(17(23)25)15-16(24)22-18(28-15)21-10-3-5-11(6-4-10)29(20,26)27/h2-8H,1H3,(H2,20,26,27)(H,21,22,24)/b15-14-. The van der Waals surface area contributed by atoms with E-state index in [1.165, 1.54) is 29.2 Å². The zero-order valence-corrected chi connectivity index (χ0v) is 18.1. The van der Waals surface area contributed by atoms with E-state index in [4.69, 9.17) is 5.14 Å². The molecule has 3 N–H and O–H groups in total. The molecule has 0 radical (unpaired) electrons. The Kier molecular flexibility index (Phi) is 4.85. The van der Waals surface area contributed by atoms with Crippen LogP contribution in [0.25, 0.3) is 5.57 Å². The van der Waals surface area contributed by atoms with Crippen molar-refractivity contribution in [3.8, 4) is 0 Å². The lowest BCUT2D eigenvalue weighted by atomic mass is 10.1. The number of anilines is 1. The molecule has 148 valence electrons. The average molecular weight is 493 g/mol. The molecule has 2 amide bonds. The molecule has 0 aromatic heterocycles. The Morgan fingerprint density at radius 3 is 2.48 bits per heavy atom. The summed E-state index contributed by atoms with van der Waals surface area (Å²) >= 11 is 4.46. The maximum Gasteiger partial charge on any atom is 0.264 e. The third kappa shape index (κ3) is 3.62. The molecular weight excluding hydrogens is 480 g/mol. The predicted octanol–water partition coefficient (Wildman–Crippen LogP) is 2.33. The van der Waals surface area contributed by atoms with Gasteiger partial charge in [-0.25, -0.2) is 18.5 Å². The van der Waals surface area contributed by atoms with Crippen molar-refractivity contribution in [2.24, 2.45) is 10.1 Å². The molecule has 0 bridgehead atoms. The quantitative estimate of drug-likeness (QED) is 0.622. The third-order valence-corrected chi connectivity index (χ3v) is 6.76. The number of halogens is 1. The van der Waals surface area contributed by atoms with Crippen molar-refractivity contribution >= 4 is 71.6 Å². The van der Waals surface area contributed by atoms with E-state index in [2.05, 4.69) is 26.2 Å². The van der Waals surface area contributed by atoms with Crippen LogP contribution in [0.1, 0.15) is 5.56 Å². The Balaban J connectivity index is 1.71. The minimum absolute atomic E-state index is 0.0332. The summed E-state index contributed by atoms with van der Waals surface area (Å²) in [5.74, 6) is -0.686. The Morgan fingerprint density at radius 1 is 1.14 bits per heavy atom. The second-order valence-electron chi connectivity index (χ2n) is 6.24. The molecule has 2 heterocycles. The van der Waals surface area contributed by atoms with Crippen LogP contribution in [0, 0.1) is 0 Å². The summed E-state index contributed by atoms with van der Waals surface area (Å²) in [6.07, 6.45) is 0. The normalized spacial score (nSPS) is 20.4. The Hall–Kier alpha value is -2.47. The maximum absolute atomic E-state index is 12.8. The molecule has 2 aliphatic rings. The van der Waals surface area contributed by atoms with E-state index < -0.39 is 15.9 Å². The summed E-state index contributed by atoms with van der Waals surface area (Å²) in [5, 5.41) is 8.02. The van der Waals surface area contributed by atoms with Crippen LogP contribution in [0.2, 0.25) is 0 Å². The van der Waals surface area contributed by atoms with Crippen molar-refractivity contribution in [1.82, 2.24) is 5.32 Å². The molecule has 2 aliphatic heterocycles. The lowest BCUT2D eigenvalue weighted by molar-refractivity contribution is -0.116. The number of benzene rings is 2. The van der Waals surface area contributed by atoms with Gasteiger partial charge in [-0.05, 0) is 54.2 Å². The molecule has 0 saturated carbocycles. The van der Waals surface area contributed by atoms with Gasteiger partial charge in [-0.3, -0.25) is 9.59 Å². The van der Waals surface area contributed by atoms with Crippen LogP contribution in [-0.4, -0.2) is 32.4 Å². The molecule has 4 rings (SSSR count). The van der Waals surface area contributed by atoms with Gasteiger partial charge in [0.25, 0.3) is 11.8 Å². The van der Waals surface area contributed by atoms with E-state index in [0.717, 1.165) is 21.9 Å². The number of hydrogen-bond acceptors (Lipinski definition) is 6. The van der Waals surface area contributed by atoms with Crippen LogP contribution in [0.15, 0.2) is 61.7 Å². The fraction of sp³-hybridized carbons (Fsp3) is 0.0556. The highest BCUT2D eigenvalue weighted by Gasteiger charge is 2.38. The number of aliphatic imine (C=N–C) groups is 1. The Labute approximate surface area is 179 Å². The van der Waals surface area contributed by atoms with Crippen LogP contribution in [0.4, 0.5) is 11.4 Å². The first-order valence-electron chi connectivity index (χ1n) is 8.18. The lowest BCUT2D eigenvalue weighted by Gasteiger charge is -2.08. The van der Waals surface area contributed by atoms with E-state index in [-0.39, 0.29) is 15.7 Å². The molecule has 0 aliphatic carbocycles. The SMILES string of the molecule is CN1C(=O)/C(=C2\SC(=Nc3ccc(S(N)(=O)=O)cc3)NC2=O)c2cc(Br)ccc21. The van der Waals surface area contributed by atoms with Crippen molar-refractivity contribution in [2.45, 2.75) is 4.90 Å². The van der Waals surface area contributed by atoms with Crippen molar-refractivity contribution in [3.05, 3.63) is 57.4 Å². The second kappa shape index (κ2) is 7.10. The first-order chi connectivity index (χ1) is 13.6. The molecule has 1 saturated heterocycles. The van der Waals surface area contributed by atoms with Crippen LogP contribution >= 0.6 is 27.7 Å². The monoisotopic (exact) mass is 492 g/mol. The number of fused-ring (bicyclic) bond motifs is 1. The topological polar surface area (TPSA) is 122 Å². The molecule has 2 aromatic carbocycles. The zero-order valence-electron chi connectivity index (χ0n) is 14.8.